The van der Waals surface area contributed by atoms with Crippen molar-refractivity contribution >= 4 is 34.5 Å². The van der Waals surface area contributed by atoms with Crippen molar-refractivity contribution in [1.29, 1.82) is 0 Å². The van der Waals surface area contributed by atoms with Crippen molar-refractivity contribution < 1.29 is 15.0 Å². The van der Waals surface area contributed by atoms with Crippen molar-refractivity contribution in [1.82, 2.24) is 4.98 Å². The van der Waals surface area contributed by atoms with Crippen LogP contribution in [-0.2, 0) is 0 Å². The van der Waals surface area contributed by atoms with E-state index in [9.17, 15) is 9.90 Å². The van der Waals surface area contributed by atoms with E-state index in [1.54, 1.807) is 12.3 Å². The number of benzene rings is 3. The summed E-state index contributed by atoms with van der Waals surface area (Å²) in [5.41, 5.74) is 3.65. The maximum Gasteiger partial charge on any atom is 0.339 e. The molecular weight excluding hydrogens is 372 g/mol. The number of hydrogen-bond donors (Lipinski definition) is 3. The van der Waals surface area contributed by atoms with E-state index >= 15 is 0 Å². The number of rotatable bonds is 5. The summed E-state index contributed by atoms with van der Waals surface area (Å²) in [6.45, 7) is 0. The van der Waals surface area contributed by atoms with Crippen molar-refractivity contribution in [3.05, 3.63) is 84.6 Å². The van der Waals surface area contributed by atoms with E-state index in [1.807, 2.05) is 30.3 Å². The molecular formula is C22H16N2O3S. The first-order valence-corrected chi connectivity index (χ1v) is 9.36. The van der Waals surface area contributed by atoms with Crippen LogP contribution in [0.2, 0.25) is 0 Å². The summed E-state index contributed by atoms with van der Waals surface area (Å²) < 4.78 is 3.13. The molecule has 3 aromatic carbocycles. The lowest BCUT2D eigenvalue weighted by molar-refractivity contribution is 0.0694. The van der Waals surface area contributed by atoms with Crippen LogP contribution in [0.5, 0.6) is 5.75 Å². The van der Waals surface area contributed by atoms with E-state index in [0.29, 0.717) is 5.69 Å². The molecule has 0 unspecified atom stereocenters. The van der Waals surface area contributed by atoms with E-state index in [2.05, 4.69) is 34.0 Å². The van der Waals surface area contributed by atoms with Crippen LogP contribution in [0.4, 0.5) is 5.69 Å². The van der Waals surface area contributed by atoms with Crippen LogP contribution in [0.1, 0.15) is 10.4 Å². The van der Waals surface area contributed by atoms with Gasteiger partial charge in [-0.1, -0.05) is 24.3 Å². The minimum absolute atomic E-state index is 0.122. The van der Waals surface area contributed by atoms with Crippen LogP contribution in [-0.4, -0.2) is 21.2 Å². The summed E-state index contributed by atoms with van der Waals surface area (Å²) >= 11 is 1.39. The Morgan fingerprint density at radius 2 is 1.79 bits per heavy atom. The monoisotopic (exact) mass is 388 g/mol. The Bertz CT molecular complexity index is 1180. The molecule has 3 N–H and O–H groups in total. The molecule has 6 heteroatoms. The topological polar surface area (TPSA) is 82.5 Å². The molecule has 5 nitrogen and oxygen atoms in total. The first-order chi connectivity index (χ1) is 13.6. The molecule has 1 heterocycles. The average Bonchev–Trinajstić information content (AvgIpc) is 2.72. The lowest BCUT2D eigenvalue weighted by Gasteiger charge is -2.09. The predicted octanol–water partition coefficient (Wildman–Crippen LogP) is 5.42. The molecule has 4 aromatic rings. The highest BCUT2D eigenvalue weighted by Crippen LogP contribution is 2.30. The van der Waals surface area contributed by atoms with Crippen LogP contribution >= 0.6 is 11.9 Å². The first-order valence-electron chi connectivity index (χ1n) is 8.54. The van der Waals surface area contributed by atoms with Gasteiger partial charge in [-0.15, -0.1) is 0 Å². The van der Waals surface area contributed by atoms with Gasteiger partial charge in [0.25, 0.3) is 0 Å². The Morgan fingerprint density at radius 1 is 0.929 bits per heavy atom. The van der Waals surface area contributed by atoms with Crippen LogP contribution in [0.3, 0.4) is 0 Å². The number of anilines is 1. The Morgan fingerprint density at radius 3 is 2.61 bits per heavy atom. The minimum atomic E-state index is -1.16. The molecule has 4 rings (SSSR count). The third-order valence-electron chi connectivity index (χ3n) is 4.29. The molecule has 0 saturated carbocycles. The Kier molecular flexibility index (Phi) is 4.87. The molecule has 0 atom stereocenters. The Labute approximate surface area is 165 Å². The quantitative estimate of drug-likeness (QED) is 0.396. The van der Waals surface area contributed by atoms with Gasteiger partial charge in [0, 0.05) is 28.2 Å². The van der Waals surface area contributed by atoms with Gasteiger partial charge in [0.05, 0.1) is 5.52 Å². The molecule has 28 heavy (non-hydrogen) atoms. The normalized spacial score (nSPS) is 10.7. The van der Waals surface area contributed by atoms with Gasteiger partial charge in [0.15, 0.2) is 0 Å². The van der Waals surface area contributed by atoms with E-state index in [-0.39, 0.29) is 11.3 Å². The second-order valence-electron chi connectivity index (χ2n) is 6.18. The fraction of sp³-hybridized carbons (Fsp3) is 0. The fourth-order valence-corrected chi connectivity index (χ4v) is 3.58. The molecule has 0 aliphatic rings. The predicted molar refractivity (Wildman–Crippen MR) is 112 cm³/mol. The number of carbonyl (C=O) groups is 1. The molecule has 0 aliphatic carbocycles. The number of hydrogen-bond acceptors (Lipinski definition) is 5. The van der Waals surface area contributed by atoms with E-state index in [0.717, 1.165) is 26.9 Å². The molecule has 0 bridgehead atoms. The number of aromatic nitrogens is 1. The zero-order valence-electron chi connectivity index (χ0n) is 14.7. The molecule has 0 fully saturated rings. The lowest BCUT2D eigenvalue weighted by atomic mass is 10.0. The molecule has 0 saturated heterocycles. The largest absolute Gasteiger partial charge is 0.507 e. The number of phenols is 1. The van der Waals surface area contributed by atoms with E-state index in [4.69, 9.17) is 5.11 Å². The van der Waals surface area contributed by atoms with Crippen molar-refractivity contribution in [2.24, 2.45) is 0 Å². The third kappa shape index (κ3) is 3.77. The Balaban J connectivity index is 1.53. The number of carboxylic acids is 1. The highest BCUT2D eigenvalue weighted by molar-refractivity contribution is 8.00. The SMILES string of the molecule is O=C(O)c1ccc(NSc2cccc(-c3ccc4ncccc4c3)c2)cc1O. The summed E-state index contributed by atoms with van der Waals surface area (Å²) in [7, 11) is 0. The maximum atomic E-state index is 11.0. The van der Waals surface area contributed by atoms with Crippen LogP contribution in [0.15, 0.2) is 83.9 Å². The number of fused-ring (bicyclic) bond motifs is 1. The zero-order valence-corrected chi connectivity index (χ0v) is 15.5. The average molecular weight is 388 g/mol. The van der Waals surface area contributed by atoms with Gasteiger partial charge in [-0.2, -0.15) is 0 Å². The van der Waals surface area contributed by atoms with Gasteiger partial charge in [-0.05, 0) is 65.5 Å². The summed E-state index contributed by atoms with van der Waals surface area (Å²) in [5, 5.41) is 19.9. The minimum Gasteiger partial charge on any atom is -0.507 e. The Hall–Kier alpha value is -3.51. The molecule has 0 amide bonds. The number of aromatic hydroxyl groups is 1. The number of pyridine rings is 1. The van der Waals surface area contributed by atoms with E-state index in [1.165, 1.54) is 24.1 Å². The molecule has 1 aromatic heterocycles. The number of nitrogens with zero attached hydrogens (tertiary/aromatic N) is 1. The van der Waals surface area contributed by atoms with Gasteiger partial charge in [0.1, 0.15) is 11.3 Å². The smallest absolute Gasteiger partial charge is 0.339 e. The van der Waals surface area contributed by atoms with Crippen molar-refractivity contribution in [2.75, 3.05) is 4.72 Å². The first kappa shape index (κ1) is 17.9. The maximum absolute atomic E-state index is 11.0. The second kappa shape index (κ2) is 7.62. The third-order valence-corrected chi connectivity index (χ3v) is 5.11. The standard InChI is InChI=1S/C22H16N2O3S/c25-21-13-17(7-8-19(21)22(26)27)24-28-18-5-1-3-14(12-18)15-6-9-20-16(11-15)4-2-10-23-20/h1-13,24-25H,(H,26,27). The van der Waals surface area contributed by atoms with Crippen LogP contribution in [0.25, 0.3) is 22.0 Å². The summed E-state index contributed by atoms with van der Waals surface area (Å²) in [6.07, 6.45) is 1.78. The van der Waals surface area contributed by atoms with Gasteiger partial charge < -0.3 is 14.9 Å². The molecule has 0 radical (unpaired) electrons. The zero-order chi connectivity index (χ0) is 19.5. The van der Waals surface area contributed by atoms with Crippen molar-refractivity contribution in [2.45, 2.75) is 4.90 Å². The second-order valence-corrected chi connectivity index (χ2v) is 7.06. The molecule has 138 valence electrons. The number of aromatic carboxylic acids is 1. The van der Waals surface area contributed by atoms with Gasteiger partial charge in [0.2, 0.25) is 0 Å². The lowest BCUT2D eigenvalue weighted by Crippen LogP contribution is -1.97. The van der Waals surface area contributed by atoms with Crippen molar-refractivity contribution in [3.63, 3.8) is 0 Å². The van der Waals surface area contributed by atoms with Crippen LogP contribution in [0, 0.1) is 0 Å². The van der Waals surface area contributed by atoms with Gasteiger partial charge in [-0.25, -0.2) is 4.79 Å². The van der Waals surface area contributed by atoms with E-state index < -0.39 is 5.97 Å². The molecule has 0 spiro atoms. The summed E-state index contributed by atoms with van der Waals surface area (Å²) in [4.78, 5) is 16.3. The number of nitrogens with one attached hydrogen (secondary N) is 1. The van der Waals surface area contributed by atoms with Crippen LogP contribution < -0.4 is 4.72 Å². The van der Waals surface area contributed by atoms with Gasteiger partial charge in [-0.3, -0.25) is 4.98 Å². The van der Waals surface area contributed by atoms with Gasteiger partial charge >= 0.3 is 5.97 Å². The summed E-state index contributed by atoms with van der Waals surface area (Å²) in [6, 6.07) is 22.6. The summed E-state index contributed by atoms with van der Waals surface area (Å²) in [5.74, 6) is -1.42. The fourth-order valence-electron chi connectivity index (χ4n) is 2.89. The molecule has 0 aliphatic heterocycles. The highest BCUT2D eigenvalue weighted by Gasteiger charge is 2.10. The highest BCUT2D eigenvalue weighted by atomic mass is 32.2. The van der Waals surface area contributed by atoms with Crippen molar-refractivity contribution in [3.8, 4) is 16.9 Å². The number of carboxylic acid groups (broad SMARTS) is 1.